The second-order valence-corrected chi connectivity index (χ2v) is 8.50. The minimum absolute atomic E-state index is 0. The first-order chi connectivity index (χ1) is 14.4. The highest BCUT2D eigenvalue weighted by Crippen LogP contribution is 2.41. The lowest BCUT2D eigenvalue weighted by Gasteiger charge is -2.42. The number of aromatic carboxylic acids is 1. The Morgan fingerprint density at radius 3 is 2.55 bits per heavy atom. The van der Waals surface area contributed by atoms with Crippen molar-refractivity contribution in [2.24, 2.45) is 5.73 Å². The summed E-state index contributed by atoms with van der Waals surface area (Å²) >= 11 is 6.20. The molecular formula is C22H26Cl2N4O3. The molecule has 31 heavy (non-hydrogen) atoms. The van der Waals surface area contributed by atoms with Crippen LogP contribution in [0.4, 0.5) is 10.6 Å². The summed E-state index contributed by atoms with van der Waals surface area (Å²) in [4.78, 5) is 31.7. The van der Waals surface area contributed by atoms with Gasteiger partial charge in [-0.3, -0.25) is 4.90 Å². The fourth-order valence-electron chi connectivity index (χ4n) is 4.67. The van der Waals surface area contributed by atoms with E-state index in [0.717, 1.165) is 25.7 Å². The van der Waals surface area contributed by atoms with Gasteiger partial charge in [0.1, 0.15) is 5.82 Å². The molecule has 1 aliphatic heterocycles. The third-order valence-corrected chi connectivity index (χ3v) is 6.73. The Balaban J connectivity index is 0.00000272. The van der Waals surface area contributed by atoms with Gasteiger partial charge in [-0.25, -0.2) is 14.6 Å². The molecule has 1 aromatic carbocycles. The quantitative estimate of drug-likeness (QED) is 0.697. The van der Waals surface area contributed by atoms with E-state index in [2.05, 4.69) is 11.1 Å². The number of carbonyl (C=O) groups excluding carboxylic acids is 1. The zero-order chi connectivity index (χ0) is 21.3. The van der Waals surface area contributed by atoms with Crippen LogP contribution >= 0.6 is 24.0 Å². The molecule has 7 nitrogen and oxygen atoms in total. The number of halogens is 2. The van der Waals surface area contributed by atoms with Gasteiger partial charge in [-0.05, 0) is 55.5 Å². The molecular weight excluding hydrogens is 439 g/mol. The zero-order valence-corrected chi connectivity index (χ0v) is 18.6. The van der Waals surface area contributed by atoms with Crippen LogP contribution in [0, 0.1) is 0 Å². The number of rotatable bonds is 5. The fraction of sp³-hybridized carbons (Fsp3) is 0.409. The second kappa shape index (κ2) is 9.42. The largest absolute Gasteiger partial charge is 0.478 e. The van der Waals surface area contributed by atoms with Crippen molar-refractivity contribution in [3.63, 3.8) is 0 Å². The highest BCUT2D eigenvalue weighted by molar-refractivity contribution is 6.30. The van der Waals surface area contributed by atoms with E-state index >= 15 is 0 Å². The minimum Gasteiger partial charge on any atom is -0.478 e. The number of nitrogens with two attached hydrogens (primary N) is 1. The molecule has 0 bridgehead atoms. The molecule has 0 unspecified atom stereocenters. The molecule has 3 N–H and O–H groups in total. The number of carbonyl (C=O) groups is 2. The lowest BCUT2D eigenvalue weighted by atomic mass is 9.68. The van der Waals surface area contributed by atoms with Crippen molar-refractivity contribution in [3.05, 3.63) is 58.7 Å². The maximum atomic E-state index is 13.0. The number of hydrogen-bond donors (Lipinski definition) is 2. The Morgan fingerprint density at radius 1 is 1.23 bits per heavy atom. The summed E-state index contributed by atoms with van der Waals surface area (Å²) in [6, 6.07) is 11.1. The molecule has 4 rings (SSSR count). The van der Waals surface area contributed by atoms with Crippen molar-refractivity contribution in [1.82, 2.24) is 9.88 Å². The van der Waals surface area contributed by atoms with Crippen molar-refractivity contribution in [3.8, 4) is 0 Å². The van der Waals surface area contributed by atoms with E-state index < -0.39 is 5.97 Å². The Labute approximate surface area is 192 Å². The van der Waals surface area contributed by atoms with E-state index in [1.807, 2.05) is 23.1 Å². The van der Waals surface area contributed by atoms with Crippen molar-refractivity contribution >= 4 is 41.8 Å². The first-order valence-electron chi connectivity index (χ1n) is 10.2. The van der Waals surface area contributed by atoms with E-state index in [4.69, 9.17) is 22.4 Å². The summed E-state index contributed by atoms with van der Waals surface area (Å²) in [6.45, 7) is 1.74. The Hall–Kier alpha value is -2.35. The molecule has 0 atom stereocenters. The van der Waals surface area contributed by atoms with E-state index in [9.17, 15) is 9.59 Å². The van der Waals surface area contributed by atoms with Crippen LogP contribution in [0.3, 0.4) is 0 Å². The molecule has 166 valence electrons. The number of amides is 2. The van der Waals surface area contributed by atoms with Crippen LogP contribution in [0.5, 0.6) is 0 Å². The zero-order valence-electron chi connectivity index (χ0n) is 17.0. The number of aromatic nitrogens is 1. The molecule has 0 radical (unpaired) electrons. The molecule has 2 amide bonds. The highest BCUT2D eigenvalue weighted by Gasteiger charge is 2.41. The van der Waals surface area contributed by atoms with Crippen molar-refractivity contribution in [1.29, 1.82) is 0 Å². The number of pyridine rings is 1. The number of carboxylic acid groups (broad SMARTS) is 1. The maximum Gasteiger partial charge on any atom is 0.337 e. The first-order valence-corrected chi connectivity index (χ1v) is 10.5. The monoisotopic (exact) mass is 464 g/mol. The van der Waals surface area contributed by atoms with Gasteiger partial charge in [0, 0.05) is 42.3 Å². The fourth-order valence-corrected chi connectivity index (χ4v) is 4.86. The van der Waals surface area contributed by atoms with Crippen LogP contribution in [0.2, 0.25) is 5.02 Å². The van der Waals surface area contributed by atoms with Crippen LogP contribution < -0.4 is 10.6 Å². The van der Waals surface area contributed by atoms with Gasteiger partial charge in [-0.15, -0.1) is 12.4 Å². The number of urea groups is 1. The second-order valence-electron chi connectivity index (χ2n) is 8.06. The van der Waals surface area contributed by atoms with Gasteiger partial charge in [-0.1, -0.05) is 23.7 Å². The van der Waals surface area contributed by atoms with E-state index in [1.54, 1.807) is 11.0 Å². The van der Waals surface area contributed by atoms with Gasteiger partial charge in [0.2, 0.25) is 0 Å². The van der Waals surface area contributed by atoms with Crippen molar-refractivity contribution in [2.45, 2.75) is 37.1 Å². The average molecular weight is 465 g/mol. The lowest BCUT2D eigenvalue weighted by molar-refractivity contribution is 0.0696. The first kappa shape index (κ1) is 23.3. The molecule has 2 heterocycles. The SMILES string of the molecule is Cl.NC[C@]1(c2cccc(Cl)c2)CC[C@@H](N2CCN(c3ccc(C(=O)O)cn3)C2=O)CC1. The number of carboxylic acids is 1. The maximum absolute atomic E-state index is 13.0. The molecule has 2 fully saturated rings. The number of nitrogens with zero attached hydrogens (tertiary/aromatic N) is 3. The Bertz CT molecular complexity index is 946. The summed E-state index contributed by atoms with van der Waals surface area (Å²) in [7, 11) is 0. The van der Waals surface area contributed by atoms with Gasteiger partial charge in [0.25, 0.3) is 0 Å². The minimum atomic E-state index is -1.03. The standard InChI is InChI=1S/C22H25ClN4O3.ClH/c23-17-3-1-2-16(12-17)22(14-24)8-6-18(7-9-22)26-10-11-27(21(26)30)19-5-4-15(13-25-19)20(28)29;/h1-5,12-13,18H,6-11,14,24H2,(H,28,29);1H/t18-,22+;. The molecule has 1 aromatic heterocycles. The highest BCUT2D eigenvalue weighted by atomic mass is 35.5. The van der Waals surface area contributed by atoms with Crippen LogP contribution in [-0.4, -0.2) is 52.7 Å². The summed E-state index contributed by atoms with van der Waals surface area (Å²) in [5.41, 5.74) is 7.38. The van der Waals surface area contributed by atoms with Gasteiger partial charge >= 0.3 is 12.0 Å². The molecule has 2 aliphatic rings. The molecule has 9 heteroatoms. The van der Waals surface area contributed by atoms with Crippen molar-refractivity contribution < 1.29 is 14.7 Å². The third kappa shape index (κ3) is 4.49. The van der Waals surface area contributed by atoms with Crippen LogP contribution in [-0.2, 0) is 5.41 Å². The van der Waals surface area contributed by atoms with Gasteiger partial charge in [-0.2, -0.15) is 0 Å². The predicted molar refractivity (Wildman–Crippen MR) is 122 cm³/mol. The lowest BCUT2D eigenvalue weighted by Crippen LogP contribution is -2.47. The summed E-state index contributed by atoms with van der Waals surface area (Å²) in [5, 5.41) is 9.74. The van der Waals surface area contributed by atoms with Gasteiger partial charge in [0.05, 0.1) is 5.56 Å². The molecule has 0 spiro atoms. The predicted octanol–water partition coefficient (Wildman–Crippen LogP) is 3.94. The van der Waals surface area contributed by atoms with Crippen LogP contribution in [0.1, 0.15) is 41.6 Å². The van der Waals surface area contributed by atoms with Crippen LogP contribution in [0.25, 0.3) is 0 Å². The Morgan fingerprint density at radius 2 is 1.97 bits per heavy atom. The third-order valence-electron chi connectivity index (χ3n) is 6.49. The van der Waals surface area contributed by atoms with E-state index in [1.165, 1.54) is 17.8 Å². The summed E-state index contributed by atoms with van der Waals surface area (Å²) < 4.78 is 0. The van der Waals surface area contributed by atoms with Gasteiger partial charge < -0.3 is 15.7 Å². The number of benzene rings is 1. The molecule has 1 saturated carbocycles. The smallest absolute Gasteiger partial charge is 0.337 e. The van der Waals surface area contributed by atoms with Crippen LogP contribution in [0.15, 0.2) is 42.6 Å². The molecule has 2 aromatic rings. The summed E-state index contributed by atoms with van der Waals surface area (Å²) in [6.07, 6.45) is 4.87. The van der Waals surface area contributed by atoms with E-state index in [-0.39, 0.29) is 35.5 Å². The number of anilines is 1. The normalized spacial score (nSPS) is 23.5. The van der Waals surface area contributed by atoms with Crippen molar-refractivity contribution in [2.75, 3.05) is 24.5 Å². The Kier molecular flexibility index (Phi) is 7.09. The van der Waals surface area contributed by atoms with E-state index in [0.29, 0.717) is 30.5 Å². The number of hydrogen-bond acceptors (Lipinski definition) is 4. The topological polar surface area (TPSA) is 99.8 Å². The summed E-state index contributed by atoms with van der Waals surface area (Å²) in [5.74, 6) is -0.549. The molecule has 1 aliphatic carbocycles. The van der Waals surface area contributed by atoms with Gasteiger partial charge in [0.15, 0.2) is 0 Å². The molecule has 1 saturated heterocycles. The average Bonchev–Trinajstić information content (AvgIpc) is 3.15.